The zero-order valence-electron chi connectivity index (χ0n) is 17.0. The number of thiazole rings is 1. The average molecular weight is 468 g/mol. The maximum atomic E-state index is 12.5. The van der Waals surface area contributed by atoms with Crippen LogP contribution in [0.25, 0.3) is 11.3 Å². The monoisotopic (exact) mass is 467 g/mol. The molecule has 1 aliphatic rings. The molecule has 1 saturated heterocycles. The number of rotatable bonds is 8. The van der Waals surface area contributed by atoms with Crippen molar-refractivity contribution in [3.05, 3.63) is 35.2 Å². The summed E-state index contributed by atoms with van der Waals surface area (Å²) in [5.41, 5.74) is 3.11. The molecule has 0 bridgehead atoms. The summed E-state index contributed by atoms with van der Waals surface area (Å²) in [6.07, 6.45) is 0.428. The maximum absolute atomic E-state index is 12.5. The van der Waals surface area contributed by atoms with Crippen LogP contribution in [0.15, 0.2) is 34.0 Å². The van der Waals surface area contributed by atoms with Crippen LogP contribution in [0, 0.1) is 6.92 Å². The van der Waals surface area contributed by atoms with E-state index >= 15 is 0 Å². The molecule has 0 radical (unpaired) electrons. The third-order valence-electron chi connectivity index (χ3n) is 4.82. The van der Waals surface area contributed by atoms with Crippen LogP contribution in [0.1, 0.15) is 18.9 Å². The lowest BCUT2D eigenvalue weighted by atomic mass is 10.1. The molecule has 0 spiro atoms. The first kappa shape index (κ1) is 22.8. The predicted molar refractivity (Wildman–Crippen MR) is 120 cm³/mol. The summed E-state index contributed by atoms with van der Waals surface area (Å²) in [5, 5.41) is 4.69. The van der Waals surface area contributed by atoms with E-state index in [1.165, 1.54) is 33.6 Å². The highest BCUT2D eigenvalue weighted by atomic mass is 32.2. The molecule has 1 aromatic heterocycles. The molecule has 2 heterocycles. The van der Waals surface area contributed by atoms with Crippen LogP contribution in [0.2, 0.25) is 0 Å². The number of sulfone groups is 1. The fraction of sp³-hybridized carbons (Fsp3) is 0.450. The molecule has 0 aliphatic carbocycles. The van der Waals surface area contributed by atoms with Gasteiger partial charge in [0.25, 0.3) is 0 Å². The molecule has 7 nitrogen and oxygen atoms in total. The highest BCUT2D eigenvalue weighted by molar-refractivity contribution is 8.01. The van der Waals surface area contributed by atoms with Crippen molar-refractivity contribution in [2.75, 3.05) is 30.3 Å². The number of hydrogen-bond donors (Lipinski definition) is 1. The minimum atomic E-state index is -3.06. The summed E-state index contributed by atoms with van der Waals surface area (Å²) < 4.78 is 23.8. The van der Waals surface area contributed by atoms with Crippen LogP contribution in [0.5, 0.6) is 0 Å². The van der Waals surface area contributed by atoms with Crippen LogP contribution in [0.3, 0.4) is 0 Å². The molecule has 3 rings (SSSR count). The van der Waals surface area contributed by atoms with E-state index in [0.717, 1.165) is 15.6 Å². The molecule has 30 heavy (non-hydrogen) atoms. The number of nitrogens with zero attached hydrogens (tertiary/aromatic N) is 2. The summed E-state index contributed by atoms with van der Waals surface area (Å²) in [7, 11) is -3.06. The first-order chi connectivity index (χ1) is 14.3. The number of carbonyl (C=O) groups is 2. The fourth-order valence-electron chi connectivity index (χ4n) is 3.13. The maximum Gasteiger partial charge on any atom is 0.239 e. The number of aromatic nitrogens is 1. The van der Waals surface area contributed by atoms with Crippen molar-refractivity contribution in [1.82, 2.24) is 15.2 Å². The minimum Gasteiger partial charge on any atom is -0.351 e. The molecule has 1 aromatic carbocycles. The Kier molecular flexibility index (Phi) is 7.54. The molecule has 2 amide bonds. The lowest BCUT2D eigenvalue weighted by molar-refractivity contribution is -0.134. The fourth-order valence-corrected chi connectivity index (χ4v) is 6.54. The van der Waals surface area contributed by atoms with Crippen LogP contribution in [0.4, 0.5) is 0 Å². The van der Waals surface area contributed by atoms with Gasteiger partial charge in [-0.1, -0.05) is 41.6 Å². The number of benzene rings is 1. The number of carbonyl (C=O) groups excluding carboxylic acids is 2. The quantitative estimate of drug-likeness (QED) is 0.599. The standard InChI is InChI=1S/C20H25N3O4S3/c1-3-23(10-18(24)21-16-8-9-30(26,27)13-16)19(25)12-29-20-22-17(11-28-20)15-6-4-14(2)5-7-15/h4-7,11,16H,3,8-10,12-13H2,1-2H3,(H,21,24)/t16-/m1/s1. The molecule has 10 heteroatoms. The van der Waals surface area contributed by atoms with Crippen molar-refractivity contribution < 1.29 is 18.0 Å². The number of hydrogen-bond acceptors (Lipinski definition) is 7. The molecule has 1 aliphatic heterocycles. The summed E-state index contributed by atoms with van der Waals surface area (Å²) in [4.78, 5) is 30.8. The van der Waals surface area contributed by atoms with Gasteiger partial charge in [-0.2, -0.15) is 0 Å². The molecule has 162 valence electrons. The second-order valence-electron chi connectivity index (χ2n) is 7.23. The Labute approximate surface area is 185 Å². The zero-order valence-corrected chi connectivity index (χ0v) is 19.4. The first-order valence-corrected chi connectivity index (χ1v) is 13.4. The largest absolute Gasteiger partial charge is 0.351 e. The van der Waals surface area contributed by atoms with Gasteiger partial charge in [0.2, 0.25) is 11.8 Å². The summed E-state index contributed by atoms with van der Waals surface area (Å²) in [5.74, 6) is -0.206. The Morgan fingerprint density at radius 3 is 2.67 bits per heavy atom. The van der Waals surface area contributed by atoms with Gasteiger partial charge in [0.1, 0.15) is 0 Å². The van der Waals surface area contributed by atoms with Gasteiger partial charge in [0.05, 0.1) is 29.5 Å². The van der Waals surface area contributed by atoms with Crippen molar-refractivity contribution in [2.24, 2.45) is 0 Å². The van der Waals surface area contributed by atoms with E-state index in [0.29, 0.717) is 13.0 Å². The van der Waals surface area contributed by atoms with Crippen LogP contribution >= 0.6 is 23.1 Å². The van der Waals surface area contributed by atoms with Gasteiger partial charge >= 0.3 is 0 Å². The Morgan fingerprint density at radius 1 is 1.30 bits per heavy atom. The topological polar surface area (TPSA) is 96.4 Å². The third-order valence-corrected chi connectivity index (χ3v) is 8.59. The van der Waals surface area contributed by atoms with Crippen molar-refractivity contribution in [3.63, 3.8) is 0 Å². The number of amides is 2. The molecule has 2 aromatic rings. The van der Waals surface area contributed by atoms with E-state index in [1.54, 1.807) is 0 Å². The van der Waals surface area contributed by atoms with E-state index in [1.807, 2.05) is 43.5 Å². The van der Waals surface area contributed by atoms with E-state index in [9.17, 15) is 18.0 Å². The SMILES string of the molecule is CCN(CC(=O)N[C@@H]1CCS(=O)(=O)C1)C(=O)CSc1nc(-c2ccc(C)cc2)cs1. The molecular formula is C20H25N3O4S3. The van der Waals surface area contributed by atoms with E-state index in [2.05, 4.69) is 10.3 Å². The van der Waals surface area contributed by atoms with Crippen molar-refractivity contribution >= 4 is 44.8 Å². The summed E-state index contributed by atoms with van der Waals surface area (Å²) in [6, 6.07) is 7.77. The lowest BCUT2D eigenvalue weighted by Crippen LogP contribution is -2.45. The number of thioether (sulfide) groups is 1. The van der Waals surface area contributed by atoms with Crippen LogP contribution in [-0.4, -0.2) is 66.5 Å². The van der Waals surface area contributed by atoms with Crippen molar-refractivity contribution in [1.29, 1.82) is 0 Å². The smallest absolute Gasteiger partial charge is 0.239 e. The normalized spacial score (nSPS) is 17.6. The van der Waals surface area contributed by atoms with Gasteiger partial charge in [0.15, 0.2) is 14.2 Å². The number of likely N-dealkylation sites (N-methyl/N-ethyl adjacent to an activating group) is 1. The van der Waals surface area contributed by atoms with Crippen molar-refractivity contribution in [3.8, 4) is 11.3 Å². The van der Waals surface area contributed by atoms with Crippen LogP contribution < -0.4 is 5.32 Å². The van der Waals surface area contributed by atoms with Gasteiger partial charge in [-0.25, -0.2) is 13.4 Å². The van der Waals surface area contributed by atoms with E-state index in [-0.39, 0.29) is 41.7 Å². The van der Waals surface area contributed by atoms with Gasteiger partial charge in [0, 0.05) is 23.5 Å². The summed E-state index contributed by atoms with van der Waals surface area (Å²) >= 11 is 2.85. The molecule has 1 fully saturated rings. The second-order valence-corrected chi connectivity index (χ2v) is 11.5. The van der Waals surface area contributed by atoms with Gasteiger partial charge in [-0.15, -0.1) is 11.3 Å². The second kappa shape index (κ2) is 9.93. The van der Waals surface area contributed by atoms with Crippen LogP contribution in [-0.2, 0) is 19.4 Å². The van der Waals surface area contributed by atoms with E-state index < -0.39 is 9.84 Å². The molecule has 1 N–H and O–H groups in total. The first-order valence-electron chi connectivity index (χ1n) is 9.68. The minimum absolute atomic E-state index is 0.0258. The molecule has 1 atom stereocenters. The average Bonchev–Trinajstić information content (AvgIpc) is 3.31. The molecular weight excluding hydrogens is 442 g/mol. The highest BCUT2D eigenvalue weighted by Crippen LogP contribution is 2.28. The Morgan fingerprint density at radius 2 is 2.03 bits per heavy atom. The number of aryl methyl sites for hydroxylation is 1. The highest BCUT2D eigenvalue weighted by Gasteiger charge is 2.29. The van der Waals surface area contributed by atoms with Gasteiger partial charge in [-0.05, 0) is 20.3 Å². The zero-order chi connectivity index (χ0) is 21.7. The Balaban J connectivity index is 1.49. The Hall–Kier alpha value is -1.91. The van der Waals surface area contributed by atoms with Crippen molar-refractivity contribution in [2.45, 2.75) is 30.6 Å². The Bertz CT molecular complexity index is 1000. The molecule has 0 saturated carbocycles. The summed E-state index contributed by atoms with van der Waals surface area (Å²) in [6.45, 7) is 4.18. The molecule has 0 unspecified atom stereocenters. The predicted octanol–water partition coefficient (Wildman–Crippen LogP) is 2.36. The van der Waals surface area contributed by atoms with Gasteiger partial charge in [-0.3, -0.25) is 9.59 Å². The van der Waals surface area contributed by atoms with Gasteiger partial charge < -0.3 is 10.2 Å². The van der Waals surface area contributed by atoms with E-state index in [4.69, 9.17) is 0 Å². The lowest BCUT2D eigenvalue weighted by Gasteiger charge is -2.21. The third kappa shape index (κ3) is 6.29. The number of nitrogens with one attached hydrogen (secondary N) is 1.